The van der Waals surface area contributed by atoms with E-state index in [0.717, 1.165) is 19.1 Å². The molecule has 0 atom stereocenters. The average molecular weight is 225 g/mol. The Morgan fingerprint density at radius 1 is 1.25 bits per heavy atom. The lowest BCUT2D eigenvalue weighted by Gasteiger charge is -1.97. The lowest BCUT2D eigenvalue weighted by atomic mass is 10.1. The summed E-state index contributed by atoms with van der Waals surface area (Å²) in [4.78, 5) is 4.05. The minimum atomic E-state index is 0.253. The predicted molar refractivity (Wildman–Crippen MR) is 60.8 cm³/mol. The van der Waals surface area contributed by atoms with Gasteiger partial charge in [-0.3, -0.25) is 0 Å². The van der Waals surface area contributed by atoms with Crippen LogP contribution in [0.5, 0.6) is 0 Å². The summed E-state index contributed by atoms with van der Waals surface area (Å²) in [5, 5.41) is 14.9. The highest BCUT2D eigenvalue weighted by atomic mass is 16.5. The number of hydrogen-bond donors (Lipinski definition) is 1. The highest BCUT2D eigenvalue weighted by Crippen LogP contribution is 2.07. The van der Waals surface area contributed by atoms with Crippen molar-refractivity contribution < 1.29 is 9.73 Å². The van der Waals surface area contributed by atoms with Crippen LogP contribution < -0.4 is 0 Å². The third-order valence-electron chi connectivity index (χ3n) is 2.41. The van der Waals surface area contributed by atoms with Crippen molar-refractivity contribution >= 4 is 6.21 Å². The van der Waals surface area contributed by atoms with E-state index >= 15 is 0 Å². The quantitative estimate of drug-likeness (QED) is 0.319. The molecule has 1 N–H and O–H groups in total. The van der Waals surface area contributed by atoms with E-state index < -0.39 is 0 Å². The largest absolute Gasteiger partial charge is 0.411 e. The smallest absolute Gasteiger partial charge is 0.272 e. The maximum atomic E-state index is 8.27. The van der Waals surface area contributed by atoms with Crippen LogP contribution >= 0.6 is 0 Å². The molecule has 0 aliphatic rings. The van der Waals surface area contributed by atoms with Crippen molar-refractivity contribution in [3.8, 4) is 0 Å². The van der Waals surface area contributed by atoms with Gasteiger partial charge in [-0.2, -0.15) is 4.98 Å². The number of nitrogens with zero attached hydrogens (tertiary/aromatic N) is 3. The maximum Gasteiger partial charge on any atom is 0.272 e. The average Bonchev–Trinajstić information content (AvgIpc) is 2.72. The number of rotatable bonds is 8. The molecular weight excluding hydrogens is 206 g/mol. The number of oxime groups is 1. The van der Waals surface area contributed by atoms with Gasteiger partial charge in [0.15, 0.2) is 5.82 Å². The molecular formula is C11H19N3O2. The summed E-state index contributed by atoms with van der Waals surface area (Å²) in [6.45, 7) is 2.21. The second-order valence-corrected chi connectivity index (χ2v) is 3.81. The first-order valence-electron chi connectivity index (χ1n) is 5.87. The predicted octanol–water partition coefficient (Wildman–Crippen LogP) is 2.78. The Hall–Kier alpha value is -1.39. The Balaban J connectivity index is 2.12. The van der Waals surface area contributed by atoms with Crippen molar-refractivity contribution in [3.63, 3.8) is 0 Å². The van der Waals surface area contributed by atoms with Gasteiger partial charge in [0, 0.05) is 6.42 Å². The van der Waals surface area contributed by atoms with Crippen LogP contribution in [0.15, 0.2) is 9.68 Å². The number of unbranched alkanes of at least 4 members (excludes halogenated alkanes) is 5. The Morgan fingerprint density at radius 3 is 2.75 bits per heavy atom. The molecule has 1 heterocycles. The normalized spacial score (nSPS) is 11.3. The summed E-state index contributed by atoms with van der Waals surface area (Å²) < 4.78 is 4.83. The van der Waals surface area contributed by atoms with E-state index in [4.69, 9.17) is 9.73 Å². The first-order valence-corrected chi connectivity index (χ1v) is 5.87. The van der Waals surface area contributed by atoms with E-state index in [9.17, 15) is 0 Å². The van der Waals surface area contributed by atoms with E-state index in [1.165, 1.54) is 32.1 Å². The third kappa shape index (κ3) is 4.91. The molecule has 16 heavy (non-hydrogen) atoms. The molecule has 0 aliphatic carbocycles. The van der Waals surface area contributed by atoms with Crippen molar-refractivity contribution in [2.24, 2.45) is 5.16 Å². The Kier molecular flexibility index (Phi) is 6.22. The lowest BCUT2D eigenvalue weighted by Crippen LogP contribution is -1.89. The van der Waals surface area contributed by atoms with Crippen LogP contribution in [-0.2, 0) is 6.42 Å². The third-order valence-corrected chi connectivity index (χ3v) is 2.41. The molecule has 0 saturated heterocycles. The molecule has 0 bridgehead atoms. The summed E-state index contributed by atoms with van der Waals surface area (Å²) in [6.07, 6.45) is 9.43. The molecule has 1 rings (SSSR count). The number of aryl methyl sites for hydroxylation is 1. The van der Waals surface area contributed by atoms with Crippen LogP contribution in [0.1, 0.15) is 57.2 Å². The first kappa shape index (κ1) is 12.7. The van der Waals surface area contributed by atoms with Gasteiger partial charge in [0.2, 0.25) is 0 Å². The van der Waals surface area contributed by atoms with Crippen molar-refractivity contribution in [2.45, 2.75) is 51.9 Å². The molecule has 5 nitrogen and oxygen atoms in total. The zero-order valence-corrected chi connectivity index (χ0v) is 9.72. The van der Waals surface area contributed by atoms with Gasteiger partial charge < -0.3 is 9.73 Å². The van der Waals surface area contributed by atoms with E-state index in [0.29, 0.717) is 5.82 Å². The van der Waals surface area contributed by atoms with E-state index in [2.05, 4.69) is 22.2 Å². The Labute approximate surface area is 95.5 Å². The Bertz CT molecular complexity index is 310. The standard InChI is InChI=1S/C11H19N3O2/c1-2-3-4-5-6-7-8-10-13-11(9-12-15)16-14-10/h9,15H,2-8H2,1H3/b12-9-. The zero-order valence-electron chi connectivity index (χ0n) is 9.72. The van der Waals surface area contributed by atoms with Crippen molar-refractivity contribution in [3.05, 3.63) is 11.7 Å². The van der Waals surface area contributed by atoms with Gasteiger partial charge in [-0.1, -0.05) is 49.3 Å². The highest BCUT2D eigenvalue weighted by Gasteiger charge is 2.03. The first-order chi connectivity index (χ1) is 7.86. The fourth-order valence-corrected chi connectivity index (χ4v) is 1.53. The van der Waals surface area contributed by atoms with Gasteiger partial charge >= 0.3 is 0 Å². The topological polar surface area (TPSA) is 71.5 Å². The van der Waals surface area contributed by atoms with Gasteiger partial charge in [-0.25, -0.2) is 0 Å². The van der Waals surface area contributed by atoms with Crippen LogP contribution in [0, 0.1) is 0 Å². The van der Waals surface area contributed by atoms with Crippen LogP contribution in [0.25, 0.3) is 0 Å². The second-order valence-electron chi connectivity index (χ2n) is 3.81. The van der Waals surface area contributed by atoms with E-state index in [1.54, 1.807) is 0 Å². The molecule has 1 aromatic rings. The molecule has 0 aromatic carbocycles. The van der Waals surface area contributed by atoms with Gasteiger partial charge in [0.25, 0.3) is 5.89 Å². The SMILES string of the molecule is CCCCCCCCc1noc(/C=N\O)n1. The van der Waals surface area contributed by atoms with E-state index in [1.807, 2.05) is 0 Å². The van der Waals surface area contributed by atoms with Gasteiger partial charge in [0.1, 0.15) is 6.21 Å². The van der Waals surface area contributed by atoms with Crippen LogP contribution in [-0.4, -0.2) is 21.6 Å². The molecule has 0 spiro atoms. The number of hydrogen-bond acceptors (Lipinski definition) is 5. The van der Waals surface area contributed by atoms with Crippen molar-refractivity contribution in [1.82, 2.24) is 10.1 Å². The Morgan fingerprint density at radius 2 is 2.00 bits per heavy atom. The van der Waals surface area contributed by atoms with Crippen molar-refractivity contribution in [1.29, 1.82) is 0 Å². The molecule has 0 aliphatic heterocycles. The van der Waals surface area contributed by atoms with Gasteiger partial charge in [-0.15, -0.1) is 0 Å². The second kappa shape index (κ2) is 7.84. The molecule has 0 radical (unpaired) electrons. The monoisotopic (exact) mass is 225 g/mol. The highest BCUT2D eigenvalue weighted by molar-refractivity contribution is 5.72. The molecule has 5 heteroatoms. The fourth-order valence-electron chi connectivity index (χ4n) is 1.53. The minimum absolute atomic E-state index is 0.253. The molecule has 0 fully saturated rings. The summed E-state index contributed by atoms with van der Waals surface area (Å²) in [5.41, 5.74) is 0. The summed E-state index contributed by atoms with van der Waals surface area (Å²) in [7, 11) is 0. The molecule has 90 valence electrons. The van der Waals surface area contributed by atoms with Crippen LogP contribution in [0.2, 0.25) is 0 Å². The van der Waals surface area contributed by atoms with Gasteiger partial charge in [-0.05, 0) is 6.42 Å². The lowest BCUT2D eigenvalue weighted by molar-refractivity contribution is 0.318. The van der Waals surface area contributed by atoms with Crippen molar-refractivity contribution in [2.75, 3.05) is 0 Å². The fraction of sp³-hybridized carbons (Fsp3) is 0.727. The molecule has 0 amide bonds. The number of aromatic nitrogens is 2. The minimum Gasteiger partial charge on any atom is -0.411 e. The molecule has 0 saturated carbocycles. The van der Waals surface area contributed by atoms with E-state index in [-0.39, 0.29) is 5.89 Å². The maximum absolute atomic E-state index is 8.27. The van der Waals surface area contributed by atoms with Crippen LogP contribution in [0.3, 0.4) is 0 Å². The summed E-state index contributed by atoms with van der Waals surface area (Å²) >= 11 is 0. The van der Waals surface area contributed by atoms with Gasteiger partial charge in [0.05, 0.1) is 0 Å². The van der Waals surface area contributed by atoms with Crippen LogP contribution in [0.4, 0.5) is 0 Å². The summed E-state index contributed by atoms with van der Waals surface area (Å²) in [6, 6.07) is 0. The summed E-state index contributed by atoms with van der Waals surface area (Å²) in [5.74, 6) is 0.939. The zero-order chi connectivity index (χ0) is 11.6. The molecule has 1 aromatic heterocycles. The molecule has 0 unspecified atom stereocenters.